The Labute approximate surface area is 175 Å². The highest BCUT2D eigenvalue weighted by atomic mass is 32.2. The molecule has 2 heterocycles. The predicted molar refractivity (Wildman–Crippen MR) is 109 cm³/mol. The van der Waals surface area contributed by atoms with Crippen LogP contribution in [0.1, 0.15) is 41.6 Å². The van der Waals surface area contributed by atoms with E-state index >= 15 is 0 Å². The summed E-state index contributed by atoms with van der Waals surface area (Å²) in [6.07, 6.45) is 3.66. The summed E-state index contributed by atoms with van der Waals surface area (Å²) in [7, 11) is -3.37. The van der Waals surface area contributed by atoms with Crippen molar-refractivity contribution in [1.29, 1.82) is 0 Å². The third-order valence-corrected chi connectivity index (χ3v) is 6.31. The van der Waals surface area contributed by atoms with Gasteiger partial charge in [-0.05, 0) is 44.7 Å². The highest BCUT2D eigenvalue weighted by Crippen LogP contribution is 2.26. The summed E-state index contributed by atoms with van der Waals surface area (Å²) < 4.78 is 25.6. The van der Waals surface area contributed by atoms with E-state index < -0.39 is 21.0 Å². The Morgan fingerprint density at radius 3 is 2.53 bits per heavy atom. The second-order valence-electron chi connectivity index (χ2n) is 7.93. The number of hydrogen-bond acceptors (Lipinski definition) is 6. The number of nitro benzene ring substituents is 1. The molecule has 1 aromatic rings. The number of sulfonamides is 1. The van der Waals surface area contributed by atoms with Gasteiger partial charge in [0.05, 0.1) is 11.2 Å². The van der Waals surface area contributed by atoms with E-state index in [0.717, 1.165) is 6.26 Å². The van der Waals surface area contributed by atoms with Gasteiger partial charge < -0.3 is 9.80 Å². The Morgan fingerprint density at radius 2 is 1.90 bits per heavy atom. The number of piperidine rings is 1. The first-order valence-corrected chi connectivity index (χ1v) is 11.8. The number of nitrogens with one attached hydrogen (secondary N) is 1. The third kappa shape index (κ3) is 4.96. The van der Waals surface area contributed by atoms with E-state index in [0.29, 0.717) is 49.9 Å². The first-order chi connectivity index (χ1) is 14.1. The molecule has 10 nitrogen and oxygen atoms in total. The molecule has 164 valence electrons. The number of benzene rings is 1. The number of carbonyl (C=O) groups excluding carboxylic acids is 2. The maximum atomic E-state index is 13.1. The molecule has 0 radical (unpaired) electrons. The van der Waals surface area contributed by atoms with Crippen molar-refractivity contribution in [3.63, 3.8) is 0 Å². The zero-order valence-corrected chi connectivity index (χ0v) is 17.9. The Morgan fingerprint density at radius 1 is 1.20 bits per heavy atom. The second-order valence-corrected chi connectivity index (χ2v) is 9.71. The summed E-state index contributed by atoms with van der Waals surface area (Å²) >= 11 is 0. The van der Waals surface area contributed by atoms with Crippen LogP contribution < -0.4 is 4.72 Å². The van der Waals surface area contributed by atoms with Crippen molar-refractivity contribution in [2.24, 2.45) is 0 Å². The Bertz CT molecular complexity index is 964. The zero-order chi connectivity index (χ0) is 22.1. The van der Waals surface area contributed by atoms with Crippen LogP contribution >= 0.6 is 0 Å². The Balaban J connectivity index is 1.73. The van der Waals surface area contributed by atoms with Crippen LogP contribution in [0.2, 0.25) is 0 Å². The van der Waals surface area contributed by atoms with Crippen molar-refractivity contribution in [2.45, 2.75) is 44.7 Å². The van der Waals surface area contributed by atoms with Gasteiger partial charge in [-0.25, -0.2) is 13.1 Å². The van der Waals surface area contributed by atoms with Crippen molar-refractivity contribution in [3.8, 4) is 0 Å². The number of aryl methyl sites for hydroxylation is 1. The normalized spacial score (nSPS) is 22.2. The van der Waals surface area contributed by atoms with E-state index in [2.05, 4.69) is 4.72 Å². The van der Waals surface area contributed by atoms with E-state index in [-0.39, 0.29) is 30.1 Å². The average molecular weight is 439 g/mol. The smallest absolute Gasteiger partial charge is 0.272 e. The Hall–Kier alpha value is -2.53. The molecule has 3 rings (SSSR count). The minimum absolute atomic E-state index is 0.0571. The number of nitrogens with zero attached hydrogens (tertiary/aromatic N) is 3. The summed E-state index contributed by atoms with van der Waals surface area (Å²) in [5, 5.41) is 11.0. The van der Waals surface area contributed by atoms with Gasteiger partial charge in [-0.3, -0.25) is 19.7 Å². The van der Waals surface area contributed by atoms with Gasteiger partial charge in [0, 0.05) is 42.9 Å². The summed E-state index contributed by atoms with van der Waals surface area (Å²) in [6.45, 7) is 2.81. The first kappa shape index (κ1) is 22.2. The van der Waals surface area contributed by atoms with Crippen molar-refractivity contribution in [3.05, 3.63) is 39.4 Å². The Kier molecular flexibility index (Phi) is 6.41. The molecule has 2 aliphatic rings. The van der Waals surface area contributed by atoms with E-state index in [4.69, 9.17) is 0 Å². The molecule has 30 heavy (non-hydrogen) atoms. The molecule has 0 saturated carbocycles. The topological polar surface area (TPSA) is 130 Å². The molecule has 2 atom stereocenters. The van der Waals surface area contributed by atoms with Crippen LogP contribution in [0.3, 0.4) is 0 Å². The number of likely N-dealkylation sites (tertiary alicyclic amines) is 2. The standard InChI is InChI=1S/C19H26N4O6S/c1-13-11-14(7-8-16(13)23(26)27)18(24)22-10-4-6-17(22)19(25)21-9-3-5-15(12-21)20-30(2,28)29/h7-8,11,15,17,20H,3-6,9-10,12H2,1-2H3. The van der Waals surface area contributed by atoms with Crippen LogP contribution in [0.5, 0.6) is 0 Å². The van der Waals surface area contributed by atoms with Gasteiger partial charge in [-0.2, -0.15) is 0 Å². The van der Waals surface area contributed by atoms with Gasteiger partial charge in [0.15, 0.2) is 0 Å². The van der Waals surface area contributed by atoms with Crippen molar-refractivity contribution in [2.75, 3.05) is 25.9 Å². The molecular weight excluding hydrogens is 412 g/mol. The second kappa shape index (κ2) is 8.68. The maximum absolute atomic E-state index is 13.1. The molecule has 0 aliphatic carbocycles. The first-order valence-electron chi connectivity index (χ1n) is 9.89. The van der Waals surface area contributed by atoms with Gasteiger partial charge >= 0.3 is 0 Å². The van der Waals surface area contributed by atoms with Gasteiger partial charge in [0.25, 0.3) is 11.6 Å². The summed E-state index contributed by atoms with van der Waals surface area (Å²) in [5.74, 6) is -0.508. The fraction of sp³-hybridized carbons (Fsp3) is 0.579. The number of carbonyl (C=O) groups is 2. The molecule has 1 aromatic carbocycles. The van der Waals surface area contributed by atoms with Gasteiger partial charge in [0.2, 0.25) is 15.9 Å². The maximum Gasteiger partial charge on any atom is 0.272 e. The lowest BCUT2D eigenvalue weighted by Gasteiger charge is -2.36. The van der Waals surface area contributed by atoms with Gasteiger partial charge in [-0.15, -0.1) is 0 Å². The van der Waals surface area contributed by atoms with E-state index in [1.165, 1.54) is 23.1 Å². The quantitative estimate of drug-likeness (QED) is 0.540. The van der Waals surface area contributed by atoms with Crippen LogP contribution in [0, 0.1) is 17.0 Å². The van der Waals surface area contributed by atoms with Crippen molar-refractivity contribution >= 4 is 27.5 Å². The molecule has 1 N–H and O–H groups in total. The SMILES string of the molecule is Cc1cc(C(=O)N2CCCC2C(=O)N2CCCC(NS(C)(=O)=O)C2)ccc1[N+](=O)[O-]. The fourth-order valence-electron chi connectivity index (χ4n) is 4.21. The zero-order valence-electron chi connectivity index (χ0n) is 17.0. The summed E-state index contributed by atoms with van der Waals surface area (Å²) in [6, 6.07) is 3.26. The molecule has 0 aromatic heterocycles. The lowest BCUT2D eigenvalue weighted by molar-refractivity contribution is -0.385. The lowest BCUT2D eigenvalue weighted by atomic mass is 10.0. The largest absolute Gasteiger partial charge is 0.339 e. The van der Waals surface area contributed by atoms with Gasteiger partial charge in [0.1, 0.15) is 6.04 Å². The molecule has 2 aliphatic heterocycles. The number of nitro groups is 1. The van der Waals surface area contributed by atoms with Crippen molar-refractivity contribution in [1.82, 2.24) is 14.5 Å². The minimum atomic E-state index is -3.37. The van der Waals surface area contributed by atoms with Crippen LogP contribution in [0.15, 0.2) is 18.2 Å². The highest BCUT2D eigenvalue weighted by Gasteiger charge is 2.38. The predicted octanol–water partition coefficient (Wildman–Crippen LogP) is 1.05. The van der Waals surface area contributed by atoms with E-state index in [9.17, 15) is 28.1 Å². The molecule has 2 saturated heterocycles. The number of rotatable bonds is 5. The van der Waals surface area contributed by atoms with Gasteiger partial charge in [-0.1, -0.05) is 0 Å². The molecule has 2 amide bonds. The highest BCUT2D eigenvalue weighted by molar-refractivity contribution is 7.88. The number of amides is 2. The minimum Gasteiger partial charge on any atom is -0.339 e. The molecular formula is C19H26N4O6S. The molecule has 2 unspecified atom stereocenters. The summed E-state index contributed by atoms with van der Waals surface area (Å²) in [4.78, 5) is 39.8. The fourth-order valence-corrected chi connectivity index (χ4v) is 5.01. The van der Waals surface area contributed by atoms with E-state index in [1.807, 2.05) is 0 Å². The molecule has 11 heteroatoms. The molecule has 0 spiro atoms. The average Bonchev–Trinajstić information content (AvgIpc) is 3.15. The molecule has 0 bridgehead atoms. The van der Waals surface area contributed by atoms with Crippen LogP contribution in [0.4, 0.5) is 5.69 Å². The van der Waals surface area contributed by atoms with Crippen LogP contribution in [-0.2, 0) is 14.8 Å². The number of hydrogen-bond donors (Lipinski definition) is 1. The van der Waals surface area contributed by atoms with Crippen molar-refractivity contribution < 1.29 is 22.9 Å². The summed E-state index contributed by atoms with van der Waals surface area (Å²) in [5.41, 5.74) is 0.644. The van der Waals surface area contributed by atoms with Crippen LogP contribution in [0.25, 0.3) is 0 Å². The van der Waals surface area contributed by atoms with E-state index in [1.54, 1.807) is 11.8 Å². The monoisotopic (exact) mass is 438 g/mol. The lowest BCUT2D eigenvalue weighted by Crippen LogP contribution is -2.54. The van der Waals surface area contributed by atoms with Crippen LogP contribution in [-0.4, -0.2) is 72.9 Å². The molecule has 2 fully saturated rings. The third-order valence-electron chi connectivity index (χ3n) is 5.55.